The van der Waals surface area contributed by atoms with Crippen molar-refractivity contribution in [1.29, 1.82) is 0 Å². The second-order valence-corrected chi connectivity index (χ2v) is 4.87. The molecule has 2 aromatic rings. The van der Waals surface area contributed by atoms with E-state index in [1.165, 1.54) is 0 Å². The van der Waals surface area contributed by atoms with Crippen molar-refractivity contribution in [3.63, 3.8) is 0 Å². The van der Waals surface area contributed by atoms with Crippen LogP contribution in [0.25, 0.3) is 0 Å². The van der Waals surface area contributed by atoms with Crippen LogP contribution in [0.3, 0.4) is 0 Å². The standard InChI is InChI=1S/C15H18FN3/c1-9-5-13(6-10(2)14(9)16)8-17-15-18-11(3)7-12(4)19-15/h5-7H,8H2,1-4H3,(H,17,18,19). The van der Waals surface area contributed by atoms with Crippen molar-refractivity contribution in [3.8, 4) is 0 Å². The summed E-state index contributed by atoms with van der Waals surface area (Å²) in [5, 5.41) is 3.17. The molecule has 0 saturated carbocycles. The lowest BCUT2D eigenvalue weighted by Gasteiger charge is -2.09. The molecule has 4 heteroatoms. The van der Waals surface area contributed by atoms with Gasteiger partial charge in [-0.15, -0.1) is 0 Å². The average Bonchev–Trinajstić information content (AvgIpc) is 2.32. The first-order valence-corrected chi connectivity index (χ1v) is 6.27. The molecule has 0 radical (unpaired) electrons. The molecular formula is C15H18FN3. The minimum absolute atomic E-state index is 0.133. The van der Waals surface area contributed by atoms with E-state index in [1.807, 2.05) is 32.0 Å². The number of benzene rings is 1. The molecule has 0 bridgehead atoms. The Kier molecular flexibility index (Phi) is 3.79. The molecule has 0 aliphatic carbocycles. The van der Waals surface area contributed by atoms with Crippen LogP contribution >= 0.6 is 0 Å². The summed E-state index contributed by atoms with van der Waals surface area (Å²) in [5.74, 6) is 0.475. The lowest BCUT2D eigenvalue weighted by Crippen LogP contribution is -2.06. The summed E-state index contributed by atoms with van der Waals surface area (Å²) in [6.45, 7) is 8.02. The molecule has 0 unspecified atom stereocenters. The van der Waals surface area contributed by atoms with Gasteiger partial charge in [0.05, 0.1) is 0 Å². The topological polar surface area (TPSA) is 37.8 Å². The van der Waals surface area contributed by atoms with Crippen molar-refractivity contribution in [2.24, 2.45) is 0 Å². The zero-order valence-corrected chi connectivity index (χ0v) is 11.7. The average molecular weight is 259 g/mol. The predicted octanol–water partition coefficient (Wildman–Crippen LogP) is 3.46. The fourth-order valence-corrected chi connectivity index (χ4v) is 2.12. The first kappa shape index (κ1) is 13.5. The summed E-state index contributed by atoms with van der Waals surface area (Å²) in [4.78, 5) is 8.63. The third-order valence-electron chi connectivity index (χ3n) is 2.93. The third kappa shape index (κ3) is 3.28. The number of hydrogen-bond donors (Lipinski definition) is 1. The van der Waals surface area contributed by atoms with Gasteiger partial charge in [-0.2, -0.15) is 0 Å². The summed E-state index contributed by atoms with van der Waals surface area (Å²) in [5.41, 5.74) is 4.22. The molecule has 0 amide bonds. The van der Waals surface area contributed by atoms with Gasteiger partial charge in [-0.05, 0) is 50.5 Å². The van der Waals surface area contributed by atoms with Crippen molar-refractivity contribution < 1.29 is 4.39 Å². The Hall–Kier alpha value is -1.97. The van der Waals surface area contributed by atoms with Gasteiger partial charge < -0.3 is 5.32 Å². The summed E-state index contributed by atoms with van der Waals surface area (Å²) in [6, 6.07) is 5.62. The zero-order chi connectivity index (χ0) is 14.0. The molecule has 1 aromatic heterocycles. The molecule has 19 heavy (non-hydrogen) atoms. The lowest BCUT2D eigenvalue weighted by molar-refractivity contribution is 0.608. The van der Waals surface area contributed by atoms with Crippen LogP contribution in [0, 0.1) is 33.5 Å². The molecule has 1 heterocycles. The highest BCUT2D eigenvalue weighted by Crippen LogP contribution is 2.15. The number of nitrogens with one attached hydrogen (secondary N) is 1. The fraction of sp³-hybridized carbons (Fsp3) is 0.333. The predicted molar refractivity (Wildman–Crippen MR) is 74.7 cm³/mol. The van der Waals surface area contributed by atoms with Gasteiger partial charge in [-0.25, -0.2) is 14.4 Å². The molecule has 0 aliphatic heterocycles. The number of aromatic nitrogens is 2. The van der Waals surface area contributed by atoms with Crippen molar-refractivity contribution in [2.45, 2.75) is 34.2 Å². The van der Waals surface area contributed by atoms with Crippen LogP contribution in [0.2, 0.25) is 0 Å². The van der Waals surface area contributed by atoms with Gasteiger partial charge in [0.1, 0.15) is 5.82 Å². The van der Waals surface area contributed by atoms with E-state index in [0.29, 0.717) is 23.6 Å². The number of hydrogen-bond acceptors (Lipinski definition) is 3. The molecule has 0 atom stereocenters. The van der Waals surface area contributed by atoms with Crippen LogP contribution < -0.4 is 5.32 Å². The van der Waals surface area contributed by atoms with E-state index in [1.54, 1.807) is 13.8 Å². The zero-order valence-electron chi connectivity index (χ0n) is 11.7. The van der Waals surface area contributed by atoms with Crippen molar-refractivity contribution in [2.75, 3.05) is 5.32 Å². The van der Waals surface area contributed by atoms with E-state index in [2.05, 4.69) is 15.3 Å². The minimum Gasteiger partial charge on any atom is -0.350 e. The first-order chi connectivity index (χ1) is 8.95. The highest BCUT2D eigenvalue weighted by atomic mass is 19.1. The fourth-order valence-electron chi connectivity index (χ4n) is 2.12. The Morgan fingerprint density at radius 3 is 2.00 bits per heavy atom. The molecule has 0 spiro atoms. The SMILES string of the molecule is Cc1cc(C)nc(NCc2cc(C)c(F)c(C)c2)n1. The van der Waals surface area contributed by atoms with E-state index in [4.69, 9.17) is 0 Å². The van der Waals surface area contributed by atoms with Crippen LogP contribution in [0.4, 0.5) is 10.3 Å². The highest BCUT2D eigenvalue weighted by Gasteiger charge is 2.05. The van der Waals surface area contributed by atoms with E-state index < -0.39 is 0 Å². The number of halogens is 1. The maximum absolute atomic E-state index is 13.5. The lowest BCUT2D eigenvalue weighted by atomic mass is 10.1. The minimum atomic E-state index is -0.133. The number of anilines is 1. The van der Waals surface area contributed by atoms with Crippen LogP contribution in [0.15, 0.2) is 18.2 Å². The molecule has 3 nitrogen and oxygen atoms in total. The highest BCUT2D eigenvalue weighted by molar-refractivity contribution is 5.34. The quantitative estimate of drug-likeness (QED) is 0.917. The maximum atomic E-state index is 13.5. The molecular weight excluding hydrogens is 241 g/mol. The second kappa shape index (κ2) is 5.34. The molecule has 100 valence electrons. The molecule has 0 aliphatic rings. The largest absolute Gasteiger partial charge is 0.350 e. The first-order valence-electron chi connectivity index (χ1n) is 6.27. The van der Waals surface area contributed by atoms with Gasteiger partial charge in [-0.1, -0.05) is 12.1 Å². The van der Waals surface area contributed by atoms with E-state index in [-0.39, 0.29) is 5.82 Å². The van der Waals surface area contributed by atoms with Crippen LogP contribution in [-0.2, 0) is 6.54 Å². The number of nitrogens with zero attached hydrogens (tertiary/aromatic N) is 2. The smallest absolute Gasteiger partial charge is 0.223 e. The van der Waals surface area contributed by atoms with Gasteiger partial charge in [0.25, 0.3) is 0 Å². The van der Waals surface area contributed by atoms with Crippen LogP contribution in [0.1, 0.15) is 28.1 Å². The summed E-state index contributed by atoms with van der Waals surface area (Å²) in [7, 11) is 0. The molecule has 0 fully saturated rings. The Morgan fingerprint density at radius 2 is 1.47 bits per heavy atom. The Morgan fingerprint density at radius 1 is 0.947 bits per heavy atom. The van der Waals surface area contributed by atoms with Crippen LogP contribution in [0.5, 0.6) is 0 Å². The van der Waals surface area contributed by atoms with Gasteiger partial charge in [-0.3, -0.25) is 0 Å². The van der Waals surface area contributed by atoms with E-state index in [9.17, 15) is 4.39 Å². The van der Waals surface area contributed by atoms with Crippen molar-refractivity contribution in [1.82, 2.24) is 9.97 Å². The summed E-state index contributed by atoms with van der Waals surface area (Å²) in [6.07, 6.45) is 0. The van der Waals surface area contributed by atoms with E-state index >= 15 is 0 Å². The molecule has 1 aromatic carbocycles. The molecule has 2 rings (SSSR count). The Bertz CT molecular complexity index is 565. The van der Waals surface area contributed by atoms with Gasteiger partial charge in [0.15, 0.2) is 0 Å². The monoisotopic (exact) mass is 259 g/mol. The summed E-state index contributed by atoms with van der Waals surface area (Å²) < 4.78 is 13.5. The third-order valence-corrected chi connectivity index (χ3v) is 2.93. The van der Waals surface area contributed by atoms with Gasteiger partial charge in [0, 0.05) is 17.9 Å². The second-order valence-electron chi connectivity index (χ2n) is 4.87. The van der Waals surface area contributed by atoms with Crippen molar-refractivity contribution >= 4 is 5.95 Å². The Labute approximate surface area is 112 Å². The summed E-state index contributed by atoms with van der Waals surface area (Å²) >= 11 is 0. The van der Waals surface area contributed by atoms with Gasteiger partial charge >= 0.3 is 0 Å². The molecule has 0 saturated heterocycles. The number of rotatable bonds is 3. The van der Waals surface area contributed by atoms with Crippen molar-refractivity contribution in [3.05, 3.63) is 52.1 Å². The van der Waals surface area contributed by atoms with Gasteiger partial charge in [0.2, 0.25) is 5.95 Å². The normalized spacial score (nSPS) is 10.6. The Balaban J connectivity index is 2.14. The maximum Gasteiger partial charge on any atom is 0.223 e. The van der Waals surface area contributed by atoms with Crippen LogP contribution in [-0.4, -0.2) is 9.97 Å². The number of aryl methyl sites for hydroxylation is 4. The molecule has 1 N–H and O–H groups in total. The van der Waals surface area contributed by atoms with E-state index in [0.717, 1.165) is 17.0 Å².